The molecule has 2 aliphatic rings. The van der Waals surface area contributed by atoms with Gasteiger partial charge in [-0.15, -0.1) is 0 Å². The summed E-state index contributed by atoms with van der Waals surface area (Å²) in [6.45, 7) is 1.03. The zero-order valence-corrected chi connectivity index (χ0v) is 21.6. The topological polar surface area (TPSA) is 95.4 Å². The van der Waals surface area contributed by atoms with Crippen molar-refractivity contribution in [3.63, 3.8) is 0 Å². The van der Waals surface area contributed by atoms with Gasteiger partial charge in [0.1, 0.15) is 11.4 Å². The number of aromatic nitrogens is 2. The Labute approximate surface area is 219 Å². The van der Waals surface area contributed by atoms with Crippen LogP contribution >= 0.6 is 0 Å². The minimum absolute atomic E-state index is 0.0563. The molecule has 1 aliphatic carbocycles. The Bertz CT molecular complexity index is 1380. The van der Waals surface area contributed by atoms with E-state index in [2.05, 4.69) is 15.3 Å². The first-order valence-electron chi connectivity index (χ1n) is 12.5. The minimum atomic E-state index is -4.44. The number of nitrogens with one attached hydrogen (secondary N) is 1. The van der Waals surface area contributed by atoms with Crippen LogP contribution in [0.3, 0.4) is 0 Å². The third kappa shape index (κ3) is 5.41. The number of alkyl halides is 3. The third-order valence-electron chi connectivity index (χ3n) is 7.37. The highest BCUT2D eigenvalue weighted by Gasteiger charge is 2.42. The summed E-state index contributed by atoms with van der Waals surface area (Å²) >= 11 is 0. The van der Waals surface area contributed by atoms with Gasteiger partial charge in [0, 0.05) is 31.5 Å². The van der Waals surface area contributed by atoms with Crippen LogP contribution in [0, 0.1) is 0 Å². The highest BCUT2D eigenvalue weighted by Crippen LogP contribution is 2.34. The molecule has 202 valence electrons. The van der Waals surface area contributed by atoms with Crippen LogP contribution in [0.2, 0.25) is 0 Å². The molecule has 7 nitrogen and oxygen atoms in total. The lowest BCUT2D eigenvalue weighted by Crippen LogP contribution is -2.57. The molecule has 0 bridgehead atoms. The number of β-amino-alcohol motifs (C(OH)–C–C–N with tert-alkyl or cyclic N) is 1. The summed E-state index contributed by atoms with van der Waals surface area (Å²) in [5.41, 5.74) is 0.509. The van der Waals surface area contributed by atoms with E-state index in [0.29, 0.717) is 50.3 Å². The van der Waals surface area contributed by atoms with Crippen molar-refractivity contribution in [2.75, 3.05) is 25.5 Å². The molecule has 0 spiro atoms. The number of rotatable bonds is 6. The van der Waals surface area contributed by atoms with Gasteiger partial charge in [-0.25, -0.2) is 13.4 Å². The van der Waals surface area contributed by atoms with E-state index in [0.717, 1.165) is 23.4 Å². The number of anilines is 1. The first-order chi connectivity index (χ1) is 17.9. The van der Waals surface area contributed by atoms with E-state index in [1.165, 1.54) is 6.07 Å². The molecule has 2 N–H and O–H groups in total. The predicted molar refractivity (Wildman–Crippen MR) is 137 cm³/mol. The lowest BCUT2D eigenvalue weighted by atomic mass is 9.89. The molecule has 38 heavy (non-hydrogen) atoms. The molecule has 2 fully saturated rings. The maximum atomic E-state index is 13.3. The maximum Gasteiger partial charge on any atom is 0.417 e. The molecule has 5 rings (SSSR count). The van der Waals surface area contributed by atoms with Gasteiger partial charge < -0.3 is 10.4 Å². The summed E-state index contributed by atoms with van der Waals surface area (Å²) < 4.78 is 64.8. The summed E-state index contributed by atoms with van der Waals surface area (Å²) in [7, 11) is -1.61. The van der Waals surface area contributed by atoms with E-state index in [1.54, 1.807) is 30.5 Å². The number of aliphatic hydroxyl groups is 1. The fourth-order valence-electron chi connectivity index (χ4n) is 5.28. The Balaban J connectivity index is 1.21. The summed E-state index contributed by atoms with van der Waals surface area (Å²) in [6.07, 6.45) is 0.0469. The van der Waals surface area contributed by atoms with Crippen LogP contribution in [-0.4, -0.2) is 59.8 Å². The van der Waals surface area contributed by atoms with Crippen molar-refractivity contribution in [3.05, 3.63) is 72.2 Å². The van der Waals surface area contributed by atoms with Crippen molar-refractivity contribution in [2.24, 2.45) is 0 Å². The molecule has 1 aromatic carbocycles. The Hall–Kier alpha value is -3.02. The average molecular weight is 547 g/mol. The number of likely N-dealkylation sites (tertiary alicyclic amines) is 1. The molecule has 1 aliphatic heterocycles. The number of pyridine rings is 2. The molecule has 3 aromatic rings. The van der Waals surface area contributed by atoms with Crippen LogP contribution in [0.4, 0.5) is 19.0 Å². The van der Waals surface area contributed by atoms with Gasteiger partial charge in [0.15, 0.2) is 9.84 Å². The van der Waals surface area contributed by atoms with Crippen molar-refractivity contribution in [1.82, 2.24) is 14.9 Å². The fraction of sp³-hybridized carbons (Fsp3) is 0.407. The van der Waals surface area contributed by atoms with Gasteiger partial charge in [-0.05, 0) is 80.3 Å². The Morgan fingerprint density at radius 3 is 2.24 bits per heavy atom. The highest BCUT2D eigenvalue weighted by molar-refractivity contribution is 7.92. The van der Waals surface area contributed by atoms with Gasteiger partial charge in [0.2, 0.25) is 0 Å². The number of hydrogen-bond donors (Lipinski definition) is 2. The minimum Gasteiger partial charge on any atom is -0.381 e. The highest BCUT2D eigenvalue weighted by atomic mass is 32.2. The largest absolute Gasteiger partial charge is 0.417 e. The molecule has 3 heterocycles. The van der Waals surface area contributed by atoms with E-state index in [4.69, 9.17) is 0 Å². The number of nitrogens with zero attached hydrogens (tertiary/aromatic N) is 3. The second kappa shape index (κ2) is 9.94. The number of hydrogen-bond acceptors (Lipinski definition) is 7. The van der Waals surface area contributed by atoms with Crippen LogP contribution in [-0.2, 0) is 21.6 Å². The third-order valence-corrected chi connectivity index (χ3v) is 9.65. The summed E-state index contributed by atoms with van der Waals surface area (Å²) in [4.78, 5) is 10.4. The van der Waals surface area contributed by atoms with Crippen molar-refractivity contribution in [2.45, 2.75) is 53.6 Å². The van der Waals surface area contributed by atoms with Gasteiger partial charge in [0.25, 0.3) is 0 Å². The first-order valence-corrected chi connectivity index (χ1v) is 14.0. The zero-order valence-electron chi connectivity index (χ0n) is 20.8. The summed E-state index contributed by atoms with van der Waals surface area (Å²) in [5, 5.41) is 13.3. The number of benzene rings is 1. The van der Waals surface area contributed by atoms with Gasteiger partial charge in [0.05, 0.1) is 21.4 Å². The lowest BCUT2D eigenvalue weighted by molar-refractivity contribution is -0.137. The van der Waals surface area contributed by atoms with Gasteiger partial charge >= 0.3 is 6.18 Å². The van der Waals surface area contributed by atoms with Crippen LogP contribution < -0.4 is 5.32 Å². The molecule has 11 heteroatoms. The second-order valence-electron chi connectivity index (χ2n) is 10.3. The molecule has 0 unspecified atom stereocenters. The molecule has 0 atom stereocenters. The van der Waals surface area contributed by atoms with Gasteiger partial charge in [-0.3, -0.25) is 9.88 Å². The molecular weight excluding hydrogens is 517 g/mol. The standard InChI is InChI=1S/C27H29F3N4O3S/c1-34-16-26(35,17-34)24-14-19(12-13-31-24)18-2-7-22(8-3-18)38(36,37)23-9-5-21(6-10-23)33-25-11-4-20(15-32-25)27(28,29)30/h2-4,7-8,11-15,21,23,35H,5-6,9-10,16-17H2,1H3,(H,32,33)/t21-,23-. The van der Waals surface area contributed by atoms with E-state index >= 15 is 0 Å². The predicted octanol–water partition coefficient (Wildman–Crippen LogP) is 4.49. The van der Waals surface area contributed by atoms with Crippen molar-refractivity contribution >= 4 is 15.7 Å². The fourth-order valence-corrected chi connectivity index (χ4v) is 7.07. The molecule has 2 aromatic heterocycles. The second-order valence-corrected chi connectivity index (χ2v) is 12.5. The van der Waals surface area contributed by atoms with Crippen molar-refractivity contribution < 1.29 is 26.7 Å². The van der Waals surface area contributed by atoms with Crippen molar-refractivity contribution in [3.8, 4) is 11.1 Å². The zero-order chi connectivity index (χ0) is 27.1. The Morgan fingerprint density at radius 2 is 1.66 bits per heavy atom. The molecule has 1 saturated heterocycles. The van der Waals surface area contributed by atoms with Crippen LogP contribution in [0.25, 0.3) is 11.1 Å². The molecule has 0 amide bonds. The number of sulfone groups is 1. The van der Waals surface area contributed by atoms with Crippen LogP contribution in [0.15, 0.2) is 65.8 Å². The Morgan fingerprint density at radius 1 is 0.974 bits per heavy atom. The molecular formula is C27H29F3N4O3S. The van der Waals surface area contributed by atoms with Gasteiger partial charge in [-0.1, -0.05) is 12.1 Å². The van der Waals surface area contributed by atoms with E-state index in [9.17, 15) is 26.7 Å². The van der Waals surface area contributed by atoms with E-state index < -0.39 is 32.4 Å². The number of halogens is 3. The summed E-state index contributed by atoms with van der Waals surface area (Å²) in [6, 6.07) is 12.7. The SMILES string of the molecule is CN1CC(O)(c2cc(-c3ccc(S(=O)(=O)[C@H]4CC[C@H](Nc5ccc(C(F)(F)F)cn5)CC4)cc3)ccn2)C1. The van der Waals surface area contributed by atoms with E-state index in [-0.39, 0.29) is 10.9 Å². The lowest BCUT2D eigenvalue weighted by Gasteiger charge is -2.44. The van der Waals surface area contributed by atoms with Crippen molar-refractivity contribution in [1.29, 1.82) is 0 Å². The molecule has 1 saturated carbocycles. The number of likely N-dealkylation sites (N-methyl/N-ethyl adjacent to an activating group) is 1. The monoisotopic (exact) mass is 546 g/mol. The quantitative estimate of drug-likeness (QED) is 0.470. The smallest absolute Gasteiger partial charge is 0.381 e. The Kier molecular flexibility index (Phi) is 6.95. The maximum absolute atomic E-state index is 13.3. The van der Waals surface area contributed by atoms with E-state index in [1.807, 2.05) is 24.1 Å². The average Bonchev–Trinajstić information content (AvgIpc) is 2.88. The first kappa shape index (κ1) is 26.6. The van der Waals surface area contributed by atoms with Crippen LogP contribution in [0.5, 0.6) is 0 Å². The van der Waals surface area contributed by atoms with Crippen LogP contribution in [0.1, 0.15) is 36.9 Å². The summed E-state index contributed by atoms with van der Waals surface area (Å²) in [5.74, 6) is 0.343. The molecule has 0 radical (unpaired) electrons. The normalized spacial score (nSPS) is 22.0. The van der Waals surface area contributed by atoms with Gasteiger partial charge in [-0.2, -0.15) is 13.2 Å².